The first-order valence-corrected chi connectivity index (χ1v) is 3.29. The molecule has 48 valence electrons. The summed E-state index contributed by atoms with van der Waals surface area (Å²) in [6.07, 6.45) is 0. The average Bonchev–Trinajstić information content (AvgIpc) is 2.37. The van der Waals surface area contributed by atoms with Gasteiger partial charge in [-0.3, -0.25) is 0 Å². The number of nitrogens with two attached hydrogens (primary N) is 1. The van der Waals surface area contributed by atoms with E-state index >= 15 is 0 Å². The largest absolute Gasteiger partial charge is 0.409 e. The van der Waals surface area contributed by atoms with Gasteiger partial charge >= 0.3 is 0 Å². The Balaban J connectivity index is 2.90. The van der Waals surface area contributed by atoms with Gasteiger partial charge in [0.1, 0.15) is 0 Å². The summed E-state index contributed by atoms with van der Waals surface area (Å²) < 4.78 is 0. The summed E-state index contributed by atoms with van der Waals surface area (Å²) in [5.41, 5.74) is 6.01. The van der Waals surface area contributed by atoms with Crippen molar-refractivity contribution >= 4 is 17.2 Å². The van der Waals surface area contributed by atoms with Gasteiger partial charge in [-0.1, -0.05) is 5.16 Å². The second kappa shape index (κ2) is 2.50. The van der Waals surface area contributed by atoms with Crippen LogP contribution < -0.4 is 5.73 Å². The number of amidine groups is 1. The maximum absolute atomic E-state index is 8.17. The SMILES string of the molecule is N/C(=N\O)c1ccsc1. The first-order valence-electron chi connectivity index (χ1n) is 2.34. The zero-order chi connectivity index (χ0) is 6.69. The minimum atomic E-state index is 0.163. The lowest BCUT2D eigenvalue weighted by molar-refractivity contribution is 0.318. The predicted octanol–water partition coefficient (Wildman–Crippen LogP) is 0.843. The summed E-state index contributed by atoms with van der Waals surface area (Å²) in [5, 5.41) is 14.7. The van der Waals surface area contributed by atoms with Crippen LogP contribution in [0.15, 0.2) is 22.0 Å². The Hall–Kier alpha value is -1.03. The van der Waals surface area contributed by atoms with Gasteiger partial charge in [0.05, 0.1) is 0 Å². The van der Waals surface area contributed by atoms with Crippen molar-refractivity contribution in [3.8, 4) is 0 Å². The smallest absolute Gasteiger partial charge is 0.170 e. The number of oxime groups is 1. The molecule has 0 aromatic carbocycles. The molecule has 0 aliphatic carbocycles. The third-order valence-corrected chi connectivity index (χ3v) is 1.61. The van der Waals surface area contributed by atoms with E-state index in [1.165, 1.54) is 11.3 Å². The van der Waals surface area contributed by atoms with Crippen LogP contribution in [0.25, 0.3) is 0 Å². The Bertz CT molecular complexity index is 205. The lowest BCUT2D eigenvalue weighted by Gasteiger charge is -1.87. The van der Waals surface area contributed by atoms with E-state index in [0.29, 0.717) is 0 Å². The minimum Gasteiger partial charge on any atom is -0.409 e. The van der Waals surface area contributed by atoms with Gasteiger partial charge < -0.3 is 10.9 Å². The highest BCUT2D eigenvalue weighted by Crippen LogP contribution is 2.04. The molecule has 1 heterocycles. The van der Waals surface area contributed by atoms with E-state index in [1.807, 2.05) is 10.8 Å². The molecular weight excluding hydrogens is 136 g/mol. The van der Waals surface area contributed by atoms with Gasteiger partial charge in [0.15, 0.2) is 5.84 Å². The van der Waals surface area contributed by atoms with Crippen molar-refractivity contribution in [2.75, 3.05) is 0 Å². The molecule has 0 aliphatic rings. The second-order valence-corrected chi connectivity index (χ2v) is 2.28. The quantitative estimate of drug-likeness (QED) is 0.264. The van der Waals surface area contributed by atoms with Gasteiger partial charge in [-0.2, -0.15) is 11.3 Å². The predicted molar refractivity (Wildman–Crippen MR) is 36.8 cm³/mol. The molecule has 9 heavy (non-hydrogen) atoms. The van der Waals surface area contributed by atoms with E-state index in [4.69, 9.17) is 10.9 Å². The Morgan fingerprint density at radius 3 is 3.00 bits per heavy atom. The van der Waals surface area contributed by atoms with E-state index in [-0.39, 0.29) is 5.84 Å². The second-order valence-electron chi connectivity index (χ2n) is 1.50. The van der Waals surface area contributed by atoms with Crippen LogP contribution in [-0.4, -0.2) is 11.0 Å². The maximum atomic E-state index is 8.17. The highest BCUT2D eigenvalue weighted by molar-refractivity contribution is 7.08. The Morgan fingerprint density at radius 1 is 1.78 bits per heavy atom. The molecule has 0 radical (unpaired) electrons. The fourth-order valence-corrected chi connectivity index (χ4v) is 1.12. The maximum Gasteiger partial charge on any atom is 0.170 e. The molecule has 1 rings (SSSR count). The molecular formula is C5H6N2OS. The van der Waals surface area contributed by atoms with Gasteiger partial charge in [-0.25, -0.2) is 0 Å². The topological polar surface area (TPSA) is 58.6 Å². The van der Waals surface area contributed by atoms with Gasteiger partial charge in [0, 0.05) is 10.9 Å². The van der Waals surface area contributed by atoms with Gasteiger partial charge in [-0.15, -0.1) is 0 Å². The van der Waals surface area contributed by atoms with Crippen LogP contribution in [0.3, 0.4) is 0 Å². The minimum absolute atomic E-state index is 0.163. The Morgan fingerprint density at radius 2 is 2.56 bits per heavy atom. The number of nitrogens with zero attached hydrogens (tertiary/aromatic N) is 1. The summed E-state index contributed by atoms with van der Waals surface area (Å²) in [6.45, 7) is 0. The third-order valence-electron chi connectivity index (χ3n) is 0.925. The molecule has 0 amide bonds. The third kappa shape index (κ3) is 1.20. The number of hydrogen-bond acceptors (Lipinski definition) is 3. The fourth-order valence-electron chi connectivity index (χ4n) is 0.468. The van der Waals surface area contributed by atoms with Crippen LogP contribution >= 0.6 is 11.3 Å². The first kappa shape index (κ1) is 6.10. The number of rotatable bonds is 1. The molecule has 0 bridgehead atoms. The van der Waals surface area contributed by atoms with Crippen molar-refractivity contribution < 1.29 is 5.21 Å². The molecule has 0 unspecified atom stereocenters. The lowest BCUT2D eigenvalue weighted by atomic mass is 10.3. The van der Waals surface area contributed by atoms with Crippen LogP contribution in [-0.2, 0) is 0 Å². The Labute approximate surface area is 56.4 Å². The monoisotopic (exact) mass is 142 g/mol. The normalized spacial score (nSPS) is 11.8. The van der Waals surface area contributed by atoms with Crippen molar-refractivity contribution in [1.82, 2.24) is 0 Å². The molecule has 1 aromatic heterocycles. The van der Waals surface area contributed by atoms with Crippen molar-refractivity contribution in [2.45, 2.75) is 0 Å². The number of thiophene rings is 1. The fraction of sp³-hybridized carbons (Fsp3) is 0. The molecule has 3 N–H and O–H groups in total. The highest BCUT2D eigenvalue weighted by Gasteiger charge is 1.95. The molecule has 1 aromatic rings. The molecule has 4 heteroatoms. The zero-order valence-electron chi connectivity index (χ0n) is 4.61. The van der Waals surface area contributed by atoms with Crippen molar-refractivity contribution in [1.29, 1.82) is 0 Å². The molecule has 0 spiro atoms. The number of hydrogen-bond donors (Lipinski definition) is 2. The summed E-state index contributed by atoms with van der Waals surface area (Å²) >= 11 is 1.51. The standard InChI is InChI=1S/C5H6N2OS/c6-5(7-8)4-1-2-9-3-4/h1-3,8H,(H2,6,7). The molecule has 0 fully saturated rings. The molecule has 0 saturated heterocycles. The van der Waals surface area contributed by atoms with E-state index in [2.05, 4.69) is 5.16 Å². The van der Waals surface area contributed by atoms with Crippen LogP contribution in [0.4, 0.5) is 0 Å². The Kier molecular flexibility index (Phi) is 1.69. The van der Waals surface area contributed by atoms with Gasteiger partial charge in [-0.05, 0) is 11.4 Å². The van der Waals surface area contributed by atoms with E-state index in [9.17, 15) is 0 Å². The van der Waals surface area contributed by atoms with Gasteiger partial charge in [0.2, 0.25) is 0 Å². The summed E-state index contributed by atoms with van der Waals surface area (Å²) in [4.78, 5) is 0. The molecule has 0 aliphatic heterocycles. The van der Waals surface area contributed by atoms with E-state index in [0.717, 1.165) is 5.56 Å². The van der Waals surface area contributed by atoms with E-state index in [1.54, 1.807) is 6.07 Å². The van der Waals surface area contributed by atoms with Crippen LogP contribution in [0, 0.1) is 0 Å². The van der Waals surface area contributed by atoms with Crippen LogP contribution in [0.1, 0.15) is 5.56 Å². The molecule has 0 atom stereocenters. The zero-order valence-corrected chi connectivity index (χ0v) is 5.43. The molecule has 0 saturated carbocycles. The van der Waals surface area contributed by atoms with Crippen LogP contribution in [0.2, 0.25) is 0 Å². The molecule has 3 nitrogen and oxygen atoms in total. The van der Waals surface area contributed by atoms with Gasteiger partial charge in [0.25, 0.3) is 0 Å². The summed E-state index contributed by atoms with van der Waals surface area (Å²) in [6, 6.07) is 1.79. The van der Waals surface area contributed by atoms with Crippen LogP contribution in [0.5, 0.6) is 0 Å². The first-order chi connectivity index (χ1) is 4.34. The van der Waals surface area contributed by atoms with Crippen molar-refractivity contribution in [3.05, 3.63) is 22.4 Å². The average molecular weight is 142 g/mol. The van der Waals surface area contributed by atoms with E-state index < -0.39 is 0 Å². The summed E-state index contributed by atoms with van der Waals surface area (Å²) in [7, 11) is 0. The highest BCUT2D eigenvalue weighted by atomic mass is 32.1. The lowest BCUT2D eigenvalue weighted by Crippen LogP contribution is -2.11. The van der Waals surface area contributed by atoms with Crippen molar-refractivity contribution in [2.24, 2.45) is 10.9 Å². The summed E-state index contributed by atoms with van der Waals surface area (Å²) in [5.74, 6) is 0.163. The van der Waals surface area contributed by atoms with Crippen molar-refractivity contribution in [3.63, 3.8) is 0 Å².